The summed E-state index contributed by atoms with van der Waals surface area (Å²) >= 11 is 0. The Morgan fingerprint density at radius 1 is 1.69 bits per heavy atom. The minimum atomic E-state index is -0.272. The van der Waals surface area contributed by atoms with Gasteiger partial charge in [-0.25, -0.2) is 9.59 Å². The van der Waals surface area contributed by atoms with Crippen LogP contribution in [-0.2, 0) is 0 Å². The molecule has 1 saturated heterocycles. The maximum Gasteiger partial charge on any atom is 0.318 e. The van der Waals surface area contributed by atoms with Crippen molar-refractivity contribution in [1.29, 1.82) is 0 Å². The molecule has 1 unspecified atom stereocenters. The molecule has 1 atom stereocenters. The monoisotopic (exact) mass is 186 g/mol. The summed E-state index contributed by atoms with van der Waals surface area (Å²) in [5.41, 5.74) is 0. The Morgan fingerprint density at radius 2 is 2.38 bits per heavy atom. The zero-order valence-electron chi connectivity index (χ0n) is 7.76. The second-order valence-electron chi connectivity index (χ2n) is 2.87. The van der Waals surface area contributed by atoms with Crippen molar-refractivity contribution in [3.63, 3.8) is 0 Å². The Balaban J connectivity index is 2.48. The molecule has 4 amide bonds. The van der Waals surface area contributed by atoms with E-state index in [0.29, 0.717) is 6.54 Å². The maximum atomic E-state index is 11.1. The Morgan fingerprint density at radius 3 is 3.00 bits per heavy atom. The van der Waals surface area contributed by atoms with Crippen LogP contribution in [0, 0.1) is 0 Å². The molecule has 1 aliphatic heterocycles. The van der Waals surface area contributed by atoms with E-state index in [0.717, 1.165) is 6.42 Å². The number of nitrogens with zero attached hydrogens (tertiary/aromatic N) is 1. The number of hydrogen-bond donors (Lipinski definition) is 3. The third-order valence-electron chi connectivity index (χ3n) is 2.01. The van der Waals surface area contributed by atoms with E-state index in [2.05, 4.69) is 16.0 Å². The summed E-state index contributed by atoms with van der Waals surface area (Å²) in [5, 5.41) is 7.77. The van der Waals surface area contributed by atoms with Crippen LogP contribution in [0.5, 0.6) is 0 Å². The quantitative estimate of drug-likeness (QED) is 0.506. The number of urea groups is 2. The summed E-state index contributed by atoms with van der Waals surface area (Å²) in [6, 6.07) is -0.431. The van der Waals surface area contributed by atoms with Gasteiger partial charge in [0.15, 0.2) is 0 Å². The molecule has 1 fully saturated rings. The minimum Gasteiger partial charge on any atom is -0.341 e. The van der Waals surface area contributed by atoms with Crippen molar-refractivity contribution in [2.24, 2.45) is 0 Å². The molecule has 0 aromatic rings. The number of hydrogen-bond acceptors (Lipinski definition) is 2. The van der Waals surface area contributed by atoms with Crippen LogP contribution in [0.4, 0.5) is 9.59 Å². The van der Waals surface area contributed by atoms with E-state index in [1.54, 1.807) is 7.05 Å². The third-order valence-corrected chi connectivity index (χ3v) is 2.01. The topological polar surface area (TPSA) is 73.5 Å². The van der Waals surface area contributed by atoms with Gasteiger partial charge in [-0.05, 0) is 0 Å². The van der Waals surface area contributed by atoms with Crippen LogP contribution < -0.4 is 16.0 Å². The highest BCUT2D eigenvalue weighted by atomic mass is 16.2. The van der Waals surface area contributed by atoms with Crippen LogP contribution in [0.25, 0.3) is 0 Å². The second-order valence-corrected chi connectivity index (χ2v) is 2.87. The Labute approximate surface area is 76.7 Å². The fourth-order valence-electron chi connectivity index (χ4n) is 1.17. The number of amides is 4. The summed E-state index contributed by atoms with van der Waals surface area (Å²) in [7, 11) is 3.19. The first-order valence-corrected chi connectivity index (χ1v) is 4.14. The van der Waals surface area contributed by atoms with Crippen molar-refractivity contribution in [2.75, 3.05) is 20.6 Å². The van der Waals surface area contributed by atoms with Crippen molar-refractivity contribution in [3.8, 4) is 0 Å². The highest BCUT2D eigenvalue weighted by molar-refractivity contribution is 5.77. The van der Waals surface area contributed by atoms with E-state index in [4.69, 9.17) is 0 Å². The summed E-state index contributed by atoms with van der Waals surface area (Å²) < 4.78 is 0. The molecule has 0 aliphatic carbocycles. The van der Waals surface area contributed by atoms with Gasteiger partial charge in [-0.3, -0.25) is 0 Å². The highest BCUT2D eigenvalue weighted by Gasteiger charge is 2.24. The van der Waals surface area contributed by atoms with Crippen LogP contribution in [0.2, 0.25) is 0 Å². The standard InChI is InChI=1S/C7H14N4O2/c1-8-6(12)10-5-3-4-9-7(13)11(5)2/h5H,3-4H2,1-2H3,(H,9,13)(H2,8,10,12). The normalized spacial score (nSPS) is 22.2. The Bertz CT molecular complexity index is 219. The van der Waals surface area contributed by atoms with Gasteiger partial charge >= 0.3 is 12.1 Å². The predicted octanol–water partition coefficient (Wildman–Crippen LogP) is -0.713. The molecule has 74 valence electrons. The molecular formula is C7H14N4O2. The molecule has 0 saturated carbocycles. The average molecular weight is 186 g/mol. The van der Waals surface area contributed by atoms with Crippen LogP contribution in [0.15, 0.2) is 0 Å². The van der Waals surface area contributed by atoms with Crippen molar-refractivity contribution < 1.29 is 9.59 Å². The van der Waals surface area contributed by atoms with Gasteiger partial charge < -0.3 is 20.9 Å². The molecule has 6 heteroatoms. The first-order chi connectivity index (χ1) is 6.15. The molecule has 0 aromatic heterocycles. The first-order valence-electron chi connectivity index (χ1n) is 4.14. The lowest BCUT2D eigenvalue weighted by atomic mass is 10.2. The second kappa shape index (κ2) is 3.97. The van der Waals surface area contributed by atoms with Gasteiger partial charge in [0.1, 0.15) is 6.17 Å². The van der Waals surface area contributed by atoms with Gasteiger partial charge in [-0.1, -0.05) is 0 Å². The Hall–Kier alpha value is -1.46. The highest BCUT2D eigenvalue weighted by Crippen LogP contribution is 2.03. The van der Waals surface area contributed by atoms with Crippen molar-refractivity contribution >= 4 is 12.1 Å². The fourth-order valence-corrected chi connectivity index (χ4v) is 1.17. The summed E-state index contributed by atoms with van der Waals surface area (Å²) in [6.07, 6.45) is 0.504. The van der Waals surface area contributed by atoms with Crippen LogP contribution in [0.3, 0.4) is 0 Å². The number of rotatable bonds is 1. The molecule has 13 heavy (non-hydrogen) atoms. The van der Waals surface area contributed by atoms with Crippen molar-refractivity contribution in [1.82, 2.24) is 20.9 Å². The van der Waals surface area contributed by atoms with Gasteiger partial charge in [0.25, 0.3) is 0 Å². The minimum absolute atomic E-state index is 0.160. The molecule has 0 aromatic carbocycles. The molecular weight excluding hydrogens is 172 g/mol. The van der Waals surface area contributed by atoms with E-state index in [9.17, 15) is 9.59 Å². The van der Waals surface area contributed by atoms with Crippen LogP contribution in [-0.4, -0.2) is 43.8 Å². The van der Waals surface area contributed by atoms with Gasteiger partial charge in [-0.15, -0.1) is 0 Å². The lowest BCUT2D eigenvalue weighted by Crippen LogP contribution is -2.58. The van der Waals surface area contributed by atoms with Crippen molar-refractivity contribution in [3.05, 3.63) is 0 Å². The van der Waals surface area contributed by atoms with E-state index in [-0.39, 0.29) is 18.2 Å². The molecule has 1 heterocycles. The number of nitrogens with one attached hydrogen (secondary N) is 3. The van der Waals surface area contributed by atoms with Crippen LogP contribution in [0.1, 0.15) is 6.42 Å². The lowest BCUT2D eigenvalue weighted by Gasteiger charge is -2.33. The Kier molecular flexibility index (Phi) is 2.94. The van der Waals surface area contributed by atoms with Gasteiger partial charge in [0.2, 0.25) is 0 Å². The van der Waals surface area contributed by atoms with Crippen LogP contribution >= 0.6 is 0 Å². The molecule has 1 aliphatic rings. The molecule has 0 spiro atoms. The van der Waals surface area contributed by atoms with Gasteiger partial charge in [0, 0.05) is 27.1 Å². The zero-order chi connectivity index (χ0) is 9.84. The molecule has 6 nitrogen and oxygen atoms in total. The predicted molar refractivity (Wildman–Crippen MR) is 47.2 cm³/mol. The van der Waals surface area contributed by atoms with E-state index in [1.165, 1.54) is 11.9 Å². The number of carbonyl (C=O) groups excluding carboxylic acids is 2. The zero-order valence-corrected chi connectivity index (χ0v) is 7.76. The molecule has 0 bridgehead atoms. The molecule has 1 rings (SSSR count). The first kappa shape index (κ1) is 9.63. The maximum absolute atomic E-state index is 11.1. The van der Waals surface area contributed by atoms with Gasteiger partial charge in [-0.2, -0.15) is 0 Å². The van der Waals surface area contributed by atoms with E-state index >= 15 is 0 Å². The average Bonchev–Trinajstić information content (AvgIpc) is 2.13. The van der Waals surface area contributed by atoms with Gasteiger partial charge in [0.05, 0.1) is 0 Å². The fraction of sp³-hybridized carbons (Fsp3) is 0.714. The smallest absolute Gasteiger partial charge is 0.318 e. The van der Waals surface area contributed by atoms with E-state index in [1.807, 2.05) is 0 Å². The summed E-state index contributed by atoms with van der Waals surface area (Å²) in [4.78, 5) is 23.5. The van der Waals surface area contributed by atoms with Crippen molar-refractivity contribution in [2.45, 2.75) is 12.6 Å². The summed E-state index contributed by atoms with van der Waals surface area (Å²) in [5.74, 6) is 0. The molecule has 3 N–H and O–H groups in total. The molecule has 0 radical (unpaired) electrons. The lowest BCUT2D eigenvalue weighted by molar-refractivity contribution is 0.157. The summed E-state index contributed by atoms with van der Waals surface area (Å²) in [6.45, 7) is 0.595. The van der Waals surface area contributed by atoms with E-state index < -0.39 is 0 Å². The largest absolute Gasteiger partial charge is 0.341 e. The number of carbonyl (C=O) groups is 2. The SMILES string of the molecule is CNC(=O)NC1CCNC(=O)N1C. The third kappa shape index (κ3) is 2.24.